The number of hydrogen-bond donors (Lipinski definition) is 0. The van der Waals surface area contributed by atoms with Gasteiger partial charge in [0.15, 0.2) is 10.7 Å². The first kappa shape index (κ1) is 4.74. The van der Waals surface area contributed by atoms with Gasteiger partial charge >= 0.3 is 0 Å². The number of aromatic nitrogens is 1. The Morgan fingerprint density at radius 3 is 3.30 bits per heavy atom. The Kier molecular flexibility index (Phi) is 0.944. The van der Waals surface area contributed by atoms with Crippen LogP contribution in [-0.2, 0) is 0 Å². The first-order valence-electron chi connectivity index (χ1n) is 3.28. The van der Waals surface area contributed by atoms with E-state index in [9.17, 15) is 0 Å². The minimum Gasteiger partial charge on any atom is -0.461 e. The Bertz CT molecular complexity index is 398. The van der Waals surface area contributed by atoms with Gasteiger partial charge in [-0.15, -0.1) is 0 Å². The summed E-state index contributed by atoms with van der Waals surface area (Å²) in [5.41, 5.74) is 0.485. The minimum absolute atomic E-state index is 0.106. The number of rotatable bonds is 0. The minimum atomic E-state index is 0.106. The molecule has 0 N–H and O–H groups in total. The third-order valence-corrected chi connectivity index (χ3v) is 1.54. The molecule has 0 saturated carbocycles. The molecule has 2 rings (SSSR count). The Morgan fingerprint density at radius 1 is 1.60 bits per heavy atom. The zero-order valence-corrected chi connectivity index (χ0v) is 5.72. The highest BCUT2D eigenvalue weighted by molar-refractivity contribution is 6.33. The van der Waals surface area contributed by atoms with Crippen molar-refractivity contribution in [2.75, 3.05) is 0 Å². The lowest BCUT2D eigenvalue weighted by Crippen LogP contribution is -1.71. The van der Waals surface area contributed by atoms with Crippen LogP contribution in [0.15, 0.2) is 29.0 Å². The molecule has 0 aliphatic heterocycles. The highest BCUT2D eigenvalue weighted by atomic mass is 35.5. The van der Waals surface area contributed by atoms with Gasteiger partial charge < -0.3 is 4.42 Å². The van der Waals surface area contributed by atoms with E-state index >= 15 is 0 Å². The molecule has 10 heavy (non-hydrogen) atoms. The van der Waals surface area contributed by atoms with Crippen LogP contribution in [0.25, 0.3) is 11.0 Å². The molecule has 2 aromatic rings. The largest absolute Gasteiger partial charge is 0.461 e. The van der Waals surface area contributed by atoms with Gasteiger partial charge in [-0.3, -0.25) is 0 Å². The van der Waals surface area contributed by atoms with Gasteiger partial charge in [0.2, 0.25) is 0 Å². The summed E-state index contributed by atoms with van der Waals surface area (Å²) in [6.45, 7) is 0. The third-order valence-electron chi connectivity index (χ3n) is 1.27. The average molecular weight is 155 g/mol. The van der Waals surface area contributed by atoms with Crippen LogP contribution in [0.4, 0.5) is 0 Å². The SMILES string of the molecule is [2H]c1cc2ccnc(Cl)c2o1. The van der Waals surface area contributed by atoms with E-state index in [2.05, 4.69) is 4.98 Å². The second-order valence-electron chi connectivity index (χ2n) is 1.88. The Labute approximate surface area is 63.8 Å². The molecule has 3 heteroatoms. The lowest BCUT2D eigenvalue weighted by molar-refractivity contribution is 0.614. The molecule has 2 nitrogen and oxygen atoms in total. The van der Waals surface area contributed by atoms with E-state index < -0.39 is 0 Å². The predicted octanol–water partition coefficient (Wildman–Crippen LogP) is 2.48. The molecule has 0 saturated heterocycles. The lowest BCUT2D eigenvalue weighted by atomic mass is 10.3. The van der Waals surface area contributed by atoms with Gasteiger partial charge in [-0.25, -0.2) is 4.98 Å². The summed E-state index contributed by atoms with van der Waals surface area (Å²) >= 11 is 5.68. The molecular formula is C7H4ClNO. The van der Waals surface area contributed by atoms with Gasteiger partial charge in [0.25, 0.3) is 0 Å². The number of nitrogens with zero attached hydrogens (tertiary/aromatic N) is 1. The average Bonchev–Trinajstić information content (AvgIpc) is 2.31. The van der Waals surface area contributed by atoms with Crippen molar-refractivity contribution in [2.24, 2.45) is 0 Å². The molecule has 2 heterocycles. The number of pyridine rings is 1. The standard InChI is InChI=1S/C7H4ClNO/c8-7-6-5(1-3-9-7)2-4-10-6/h1-4H/i4D. The molecule has 50 valence electrons. The van der Waals surface area contributed by atoms with E-state index in [0.717, 1.165) is 5.39 Å². The summed E-state index contributed by atoms with van der Waals surface area (Å²) in [6, 6.07) is 3.35. The molecule has 0 atom stereocenters. The van der Waals surface area contributed by atoms with E-state index in [1.807, 2.05) is 0 Å². The summed E-state index contributed by atoms with van der Waals surface area (Å²) in [4.78, 5) is 3.81. The lowest BCUT2D eigenvalue weighted by Gasteiger charge is -1.87. The Morgan fingerprint density at radius 2 is 2.50 bits per heavy atom. The Hall–Kier alpha value is -1.02. The van der Waals surface area contributed by atoms with Gasteiger partial charge in [-0.2, -0.15) is 0 Å². The number of furan rings is 1. The van der Waals surface area contributed by atoms with Crippen molar-refractivity contribution in [3.8, 4) is 0 Å². The van der Waals surface area contributed by atoms with Crippen LogP contribution < -0.4 is 0 Å². The van der Waals surface area contributed by atoms with Crippen molar-refractivity contribution in [3.63, 3.8) is 0 Å². The summed E-state index contributed by atoms with van der Waals surface area (Å²) in [5, 5.41) is 1.12. The zero-order chi connectivity index (χ0) is 7.84. The normalized spacial score (nSPS) is 11.9. The fourth-order valence-electron chi connectivity index (χ4n) is 0.803. The van der Waals surface area contributed by atoms with Gasteiger partial charge in [-0.1, -0.05) is 11.6 Å². The fraction of sp³-hybridized carbons (Fsp3) is 0. The molecule has 0 radical (unpaired) electrons. The van der Waals surface area contributed by atoms with Crippen molar-refractivity contribution in [2.45, 2.75) is 0 Å². The second kappa shape index (κ2) is 1.99. The molecule has 0 bridgehead atoms. The third kappa shape index (κ3) is 0.693. The van der Waals surface area contributed by atoms with Crippen LogP contribution in [0.1, 0.15) is 1.37 Å². The van der Waals surface area contributed by atoms with Crippen LogP contribution in [0.5, 0.6) is 0 Å². The maximum Gasteiger partial charge on any atom is 0.172 e. The predicted molar refractivity (Wildman–Crippen MR) is 39.0 cm³/mol. The van der Waals surface area contributed by atoms with Crippen LogP contribution >= 0.6 is 11.6 Å². The first-order valence-corrected chi connectivity index (χ1v) is 3.16. The van der Waals surface area contributed by atoms with Crippen molar-refractivity contribution in [1.29, 1.82) is 0 Å². The monoisotopic (exact) mass is 154 g/mol. The molecule has 0 fully saturated rings. The second-order valence-corrected chi connectivity index (χ2v) is 2.24. The quantitative estimate of drug-likeness (QED) is 0.545. The number of halogens is 1. The fourth-order valence-corrected chi connectivity index (χ4v) is 1.01. The summed E-state index contributed by atoms with van der Waals surface area (Å²) < 4.78 is 12.1. The summed E-state index contributed by atoms with van der Waals surface area (Å²) in [6.07, 6.45) is 1.69. The summed E-state index contributed by atoms with van der Waals surface area (Å²) in [7, 11) is 0. The first-order chi connectivity index (χ1) is 5.27. The van der Waals surface area contributed by atoms with Gasteiger partial charge in [0.05, 0.1) is 6.24 Å². The zero-order valence-electron chi connectivity index (χ0n) is 5.97. The summed E-state index contributed by atoms with van der Waals surface area (Å²) in [5.74, 6) is 0. The van der Waals surface area contributed by atoms with Crippen molar-refractivity contribution in [1.82, 2.24) is 4.98 Å². The number of fused-ring (bicyclic) bond motifs is 1. The molecule has 2 aromatic heterocycles. The van der Waals surface area contributed by atoms with E-state index in [-0.39, 0.29) is 6.24 Å². The maximum atomic E-state index is 7.17. The highest BCUT2D eigenvalue weighted by Crippen LogP contribution is 2.20. The molecule has 0 aromatic carbocycles. The van der Waals surface area contributed by atoms with Crippen molar-refractivity contribution >= 4 is 22.6 Å². The molecule has 0 spiro atoms. The molecule has 0 unspecified atom stereocenters. The van der Waals surface area contributed by atoms with Crippen molar-refractivity contribution < 1.29 is 5.79 Å². The van der Waals surface area contributed by atoms with Crippen LogP contribution in [-0.4, -0.2) is 4.98 Å². The Balaban J connectivity index is 2.90. The van der Waals surface area contributed by atoms with E-state index in [1.165, 1.54) is 0 Å². The van der Waals surface area contributed by atoms with Crippen LogP contribution in [0.3, 0.4) is 0 Å². The maximum absolute atomic E-state index is 7.17. The van der Waals surface area contributed by atoms with E-state index in [0.29, 0.717) is 10.7 Å². The number of hydrogen-bond acceptors (Lipinski definition) is 2. The van der Waals surface area contributed by atoms with Gasteiger partial charge in [0, 0.05) is 11.6 Å². The molecule has 0 aliphatic rings. The van der Waals surface area contributed by atoms with Gasteiger partial charge in [0.1, 0.15) is 1.37 Å². The molecular weight excluding hydrogens is 150 g/mol. The topological polar surface area (TPSA) is 26.0 Å². The van der Waals surface area contributed by atoms with E-state index in [4.69, 9.17) is 17.4 Å². The molecule has 0 aliphatic carbocycles. The smallest absolute Gasteiger partial charge is 0.172 e. The molecule has 0 amide bonds. The van der Waals surface area contributed by atoms with Gasteiger partial charge in [-0.05, 0) is 12.1 Å². The van der Waals surface area contributed by atoms with E-state index in [1.54, 1.807) is 18.3 Å². The van der Waals surface area contributed by atoms with Crippen molar-refractivity contribution in [3.05, 3.63) is 29.7 Å². The van der Waals surface area contributed by atoms with Crippen LogP contribution in [0, 0.1) is 0 Å². The van der Waals surface area contributed by atoms with Crippen LogP contribution in [0.2, 0.25) is 5.15 Å². The highest BCUT2D eigenvalue weighted by Gasteiger charge is 2.00.